The number of hydrogen-bond acceptors (Lipinski definition) is 8. The third kappa shape index (κ3) is 39.7. The first-order chi connectivity index (χ1) is 34.6. The van der Waals surface area contributed by atoms with Crippen LogP contribution in [0.15, 0.2) is 103 Å². The van der Waals surface area contributed by atoms with Gasteiger partial charge in [-0.1, -0.05) is 145 Å². The number of nitrogens with zero attached hydrogens (tertiary/aromatic N) is 4. The Morgan fingerprint density at radius 2 is 0.867 bits per heavy atom. The Morgan fingerprint density at radius 3 is 1.12 bits per heavy atom. The van der Waals surface area contributed by atoms with Gasteiger partial charge in [0.05, 0.1) is 24.3 Å². The van der Waals surface area contributed by atoms with E-state index in [1.54, 1.807) is 13.8 Å². The lowest BCUT2D eigenvalue weighted by atomic mass is 9.98. The molecular weight excluding hydrogens is 954 g/mol. The molecule has 75 heavy (non-hydrogen) atoms. The van der Waals surface area contributed by atoms with Gasteiger partial charge in [0.25, 0.3) is 6.43 Å². The Labute approximate surface area is 457 Å². The van der Waals surface area contributed by atoms with E-state index in [0.29, 0.717) is 42.3 Å². The van der Waals surface area contributed by atoms with Crippen LogP contribution in [0.1, 0.15) is 167 Å². The van der Waals surface area contributed by atoms with Crippen LogP contribution in [0.5, 0.6) is 0 Å². The van der Waals surface area contributed by atoms with E-state index in [-0.39, 0.29) is 29.8 Å². The van der Waals surface area contributed by atoms with E-state index in [9.17, 15) is 22.0 Å². The largest absolute Gasteiger partial charge is 0.401 e. The fourth-order valence-corrected chi connectivity index (χ4v) is 7.52. The van der Waals surface area contributed by atoms with Crippen molar-refractivity contribution >= 4 is 0 Å². The highest BCUT2D eigenvalue weighted by molar-refractivity contribution is 5.19. The van der Waals surface area contributed by atoms with Crippen LogP contribution in [0.3, 0.4) is 0 Å². The fraction of sp³-hybridized carbons (Fsp3) is 0.677. The molecule has 13 heteroatoms. The predicted molar refractivity (Wildman–Crippen MR) is 314 cm³/mol. The second-order valence-electron chi connectivity index (χ2n) is 23.0. The molecule has 2 aliphatic heterocycles. The maximum Gasteiger partial charge on any atom is 0.401 e. The summed E-state index contributed by atoms with van der Waals surface area (Å²) in [6.07, 6.45) is -1.86. The highest BCUT2D eigenvalue weighted by atomic mass is 19.4. The van der Waals surface area contributed by atoms with Gasteiger partial charge in [-0.3, -0.25) is 19.6 Å². The Bertz CT molecular complexity index is 1720. The molecule has 2 atom stereocenters. The highest BCUT2D eigenvalue weighted by Gasteiger charge is 2.38. The van der Waals surface area contributed by atoms with Gasteiger partial charge < -0.3 is 20.7 Å². The minimum Gasteiger partial charge on any atom is -0.367 e. The standard InChI is InChI=1S/2C12H19N.C11H23NO.C10H15N.C7H13N.C5H10F3N.C5H11F2N/c2*1-10(2)13(4)11(3)12-8-6-5-7-9-12;1-9(2)12-7-10(3,4)13-11(5,6)8-12;1-9(2)11-8-10-6-4-3-5-7-10;1-7(2)8-5-3-4-6-8;1-4(2)9-3-5(6,7)8;1-4(2)8-3-5(6)7/h2*5-11H,1-4H3;9H,7-8H2,1-6H3;3-7,9,11H,8H2,1-2H3;3-4,7H,5-6H2,1-2H3;4,9H,3H2,1-2H3;4-5,8H,3H2,1-2H3/t2*11-;;;;;/m10...../s1. The lowest BCUT2D eigenvalue weighted by Crippen LogP contribution is -2.58. The Kier molecular flexibility index (Phi) is 38.5. The summed E-state index contributed by atoms with van der Waals surface area (Å²) < 4.78 is 62.7. The monoisotopic (exact) mass is 1060 g/mol. The molecule has 0 aromatic heterocycles. The number of ether oxygens (including phenoxy) is 1. The quantitative estimate of drug-likeness (QED) is 0.0969. The Balaban J connectivity index is 0. The Hall–Kier alpha value is -3.27. The second-order valence-corrected chi connectivity index (χ2v) is 23.0. The van der Waals surface area contributed by atoms with E-state index < -0.39 is 19.1 Å². The van der Waals surface area contributed by atoms with Crippen LogP contribution in [0.2, 0.25) is 0 Å². The van der Waals surface area contributed by atoms with Crippen LogP contribution >= 0.6 is 0 Å². The van der Waals surface area contributed by atoms with Crippen molar-refractivity contribution in [3.05, 3.63) is 120 Å². The fourth-order valence-electron chi connectivity index (χ4n) is 7.52. The zero-order valence-electron chi connectivity index (χ0n) is 51.1. The van der Waals surface area contributed by atoms with Crippen LogP contribution in [-0.4, -0.2) is 139 Å². The van der Waals surface area contributed by atoms with E-state index in [1.165, 1.54) is 16.7 Å². The van der Waals surface area contributed by atoms with Crippen LogP contribution in [0.25, 0.3) is 0 Å². The highest BCUT2D eigenvalue weighted by Crippen LogP contribution is 2.29. The summed E-state index contributed by atoms with van der Waals surface area (Å²) in [4.78, 5) is 9.65. The number of benzene rings is 3. The minimum atomic E-state index is -4.08. The number of nitrogens with one attached hydrogen (secondary N) is 3. The summed E-state index contributed by atoms with van der Waals surface area (Å²) in [6, 6.07) is 35.8. The second kappa shape index (κ2) is 39.1. The van der Waals surface area contributed by atoms with E-state index in [0.717, 1.165) is 32.7 Å². The molecule has 3 aromatic carbocycles. The third-order valence-corrected chi connectivity index (χ3v) is 12.4. The summed E-state index contributed by atoms with van der Waals surface area (Å²) in [5, 5.41) is 8.22. The van der Waals surface area contributed by atoms with Crippen LogP contribution in [-0.2, 0) is 11.3 Å². The van der Waals surface area contributed by atoms with Gasteiger partial charge in [0.2, 0.25) is 0 Å². The maximum absolute atomic E-state index is 11.4. The van der Waals surface area contributed by atoms with Gasteiger partial charge in [-0.2, -0.15) is 13.2 Å². The van der Waals surface area contributed by atoms with Crippen molar-refractivity contribution in [1.82, 2.24) is 35.6 Å². The first-order valence-corrected chi connectivity index (χ1v) is 27.6. The summed E-state index contributed by atoms with van der Waals surface area (Å²) in [6.45, 7) is 46.6. The lowest BCUT2D eigenvalue weighted by molar-refractivity contribution is -0.185. The van der Waals surface area contributed by atoms with Gasteiger partial charge in [-0.05, 0) is 128 Å². The molecule has 5 rings (SSSR count). The zero-order chi connectivity index (χ0) is 58.1. The topological polar surface area (TPSA) is 58.3 Å². The first kappa shape index (κ1) is 73.8. The smallest absolute Gasteiger partial charge is 0.367 e. The van der Waals surface area contributed by atoms with Crippen molar-refractivity contribution in [2.45, 2.75) is 223 Å². The third-order valence-electron chi connectivity index (χ3n) is 12.4. The van der Waals surface area contributed by atoms with Crippen molar-refractivity contribution in [1.29, 1.82) is 0 Å². The average molecular weight is 1060 g/mol. The Morgan fingerprint density at radius 1 is 0.520 bits per heavy atom. The van der Waals surface area contributed by atoms with Gasteiger partial charge in [-0.15, -0.1) is 0 Å². The summed E-state index contributed by atoms with van der Waals surface area (Å²) in [5.41, 5.74) is 4.11. The molecule has 0 amide bonds. The molecule has 0 aliphatic carbocycles. The summed E-state index contributed by atoms with van der Waals surface area (Å²) >= 11 is 0. The van der Waals surface area contributed by atoms with Crippen LogP contribution < -0.4 is 16.0 Å². The maximum atomic E-state index is 11.4. The zero-order valence-corrected chi connectivity index (χ0v) is 51.1. The number of halogens is 5. The molecule has 0 unspecified atom stereocenters. The van der Waals surface area contributed by atoms with Crippen molar-refractivity contribution < 1.29 is 26.7 Å². The molecule has 1 saturated heterocycles. The molecule has 3 aromatic rings. The van der Waals surface area contributed by atoms with Gasteiger partial charge in [0, 0.05) is 87.1 Å². The molecule has 3 N–H and O–H groups in total. The van der Waals surface area contributed by atoms with E-state index in [2.05, 4.69) is 258 Å². The summed E-state index contributed by atoms with van der Waals surface area (Å²) in [5.74, 6) is 0. The molecule has 0 radical (unpaired) electrons. The molecule has 1 fully saturated rings. The van der Waals surface area contributed by atoms with Gasteiger partial charge >= 0.3 is 6.18 Å². The van der Waals surface area contributed by atoms with Crippen molar-refractivity contribution in [2.24, 2.45) is 0 Å². The number of morpholine rings is 1. The molecule has 434 valence electrons. The molecular formula is C62H110F5N7O. The van der Waals surface area contributed by atoms with Crippen LogP contribution in [0, 0.1) is 0 Å². The van der Waals surface area contributed by atoms with Crippen molar-refractivity contribution in [3.63, 3.8) is 0 Å². The number of hydrogen-bond donors (Lipinski definition) is 3. The van der Waals surface area contributed by atoms with Crippen molar-refractivity contribution in [2.75, 3.05) is 53.4 Å². The summed E-state index contributed by atoms with van der Waals surface area (Å²) in [7, 11) is 4.34. The molecule has 0 spiro atoms. The first-order valence-electron chi connectivity index (χ1n) is 27.6. The van der Waals surface area contributed by atoms with E-state index in [4.69, 9.17) is 4.74 Å². The van der Waals surface area contributed by atoms with Gasteiger partial charge in [0.1, 0.15) is 0 Å². The molecule has 2 heterocycles. The number of alkyl halides is 5. The normalized spacial score (nSPS) is 16.1. The number of rotatable bonds is 16. The molecule has 0 saturated carbocycles. The van der Waals surface area contributed by atoms with Gasteiger partial charge in [-0.25, -0.2) is 8.78 Å². The van der Waals surface area contributed by atoms with Gasteiger partial charge in [0.15, 0.2) is 0 Å². The molecule has 0 bridgehead atoms. The SMILES string of the molecule is CC(C)N(C)[C@@H](C)c1ccccc1.CC(C)N(C)[C@H](C)c1ccccc1.CC(C)N1CC(C)(C)OC(C)(C)C1.CC(C)N1CC=CC1.CC(C)NCC(F)(F)F.CC(C)NCC(F)F.CC(C)NCc1ccccc1. The average Bonchev–Trinajstić information content (AvgIpc) is 3.88. The predicted octanol–water partition coefficient (Wildman–Crippen LogP) is 14.7. The molecule has 8 nitrogen and oxygen atoms in total. The van der Waals surface area contributed by atoms with Crippen molar-refractivity contribution in [3.8, 4) is 0 Å². The van der Waals surface area contributed by atoms with E-state index in [1.807, 2.05) is 19.9 Å². The van der Waals surface area contributed by atoms with Crippen LogP contribution in [0.4, 0.5) is 22.0 Å². The molecule has 2 aliphatic rings. The lowest BCUT2D eigenvalue weighted by Gasteiger charge is -2.48. The minimum absolute atomic E-state index is 0.00792. The van der Waals surface area contributed by atoms with E-state index >= 15 is 0 Å².